The normalized spacial score (nSPS) is 29.2. The van der Waals surface area contributed by atoms with E-state index < -0.39 is 0 Å². The molecule has 1 N–H and O–H groups in total. The highest BCUT2D eigenvalue weighted by Crippen LogP contribution is 2.32. The Labute approximate surface area is 99.5 Å². The minimum absolute atomic E-state index is 0.435. The maximum Gasteiger partial charge on any atom is 0.0594 e. The van der Waals surface area contributed by atoms with Gasteiger partial charge in [0.15, 0.2) is 0 Å². The van der Waals surface area contributed by atoms with Crippen LogP contribution in [0.25, 0.3) is 0 Å². The zero-order valence-corrected chi connectivity index (χ0v) is 10.8. The first-order chi connectivity index (χ1) is 7.68. The summed E-state index contributed by atoms with van der Waals surface area (Å²) in [5.41, 5.74) is 0.435. The summed E-state index contributed by atoms with van der Waals surface area (Å²) in [6.45, 7) is 12.6. The number of piperidine rings is 1. The van der Waals surface area contributed by atoms with Crippen molar-refractivity contribution in [2.75, 3.05) is 45.9 Å². The second-order valence-electron chi connectivity index (χ2n) is 5.92. The molecule has 1 atom stereocenters. The van der Waals surface area contributed by atoms with E-state index in [1.807, 2.05) is 0 Å². The molecule has 3 nitrogen and oxygen atoms in total. The van der Waals surface area contributed by atoms with Crippen LogP contribution in [-0.4, -0.2) is 50.8 Å². The minimum Gasteiger partial charge on any atom is -0.379 e. The third kappa shape index (κ3) is 3.19. The van der Waals surface area contributed by atoms with Gasteiger partial charge in [0.2, 0.25) is 0 Å². The summed E-state index contributed by atoms with van der Waals surface area (Å²) in [6.07, 6.45) is 2.74. The smallest absolute Gasteiger partial charge is 0.0594 e. The Morgan fingerprint density at radius 1 is 1.31 bits per heavy atom. The van der Waals surface area contributed by atoms with Gasteiger partial charge in [0.05, 0.1) is 13.2 Å². The molecular weight excluding hydrogens is 200 g/mol. The maximum atomic E-state index is 5.41. The molecule has 2 saturated heterocycles. The van der Waals surface area contributed by atoms with Crippen LogP contribution in [0.2, 0.25) is 0 Å². The number of ether oxygens (including phenoxy) is 1. The average Bonchev–Trinajstić information content (AvgIpc) is 2.31. The SMILES string of the molecule is CC(C)(CN1CCOCC1)C1CCCNC1. The zero-order valence-electron chi connectivity index (χ0n) is 10.8. The van der Waals surface area contributed by atoms with Crippen molar-refractivity contribution in [1.29, 1.82) is 0 Å². The molecule has 0 aromatic rings. The lowest BCUT2D eigenvalue weighted by atomic mass is 9.74. The molecule has 2 heterocycles. The molecule has 0 bridgehead atoms. The first-order valence-electron chi connectivity index (χ1n) is 6.69. The Bertz CT molecular complexity index is 206. The molecule has 2 rings (SSSR count). The van der Waals surface area contributed by atoms with E-state index in [4.69, 9.17) is 4.74 Å². The van der Waals surface area contributed by atoms with Crippen LogP contribution in [0.1, 0.15) is 26.7 Å². The van der Waals surface area contributed by atoms with E-state index in [1.54, 1.807) is 0 Å². The van der Waals surface area contributed by atoms with Gasteiger partial charge in [-0.05, 0) is 37.3 Å². The molecule has 0 amide bonds. The van der Waals surface area contributed by atoms with Crippen molar-refractivity contribution in [3.8, 4) is 0 Å². The van der Waals surface area contributed by atoms with E-state index in [0.29, 0.717) is 5.41 Å². The molecule has 0 aliphatic carbocycles. The van der Waals surface area contributed by atoms with E-state index in [0.717, 1.165) is 32.2 Å². The Morgan fingerprint density at radius 2 is 2.06 bits per heavy atom. The Kier molecular flexibility index (Phi) is 4.22. The van der Waals surface area contributed by atoms with Crippen LogP contribution < -0.4 is 5.32 Å². The Morgan fingerprint density at radius 3 is 2.69 bits per heavy atom. The van der Waals surface area contributed by atoms with Gasteiger partial charge >= 0.3 is 0 Å². The van der Waals surface area contributed by atoms with Crippen LogP contribution in [0.15, 0.2) is 0 Å². The average molecular weight is 226 g/mol. The van der Waals surface area contributed by atoms with Crippen molar-refractivity contribution < 1.29 is 4.74 Å². The second kappa shape index (κ2) is 5.48. The van der Waals surface area contributed by atoms with Gasteiger partial charge in [-0.25, -0.2) is 0 Å². The van der Waals surface area contributed by atoms with Crippen LogP contribution in [0.4, 0.5) is 0 Å². The largest absolute Gasteiger partial charge is 0.379 e. The number of morpholine rings is 1. The third-order valence-electron chi connectivity index (χ3n) is 4.14. The van der Waals surface area contributed by atoms with E-state index in [2.05, 4.69) is 24.1 Å². The molecule has 0 saturated carbocycles. The van der Waals surface area contributed by atoms with Crippen LogP contribution in [0, 0.1) is 11.3 Å². The zero-order chi connectivity index (χ0) is 11.4. The van der Waals surface area contributed by atoms with Gasteiger partial charge in [-0.2, -0.15) is 0 Å². The first-order valence-corrected chi connectivity index (χ1v) is 6.69. The van der Waals surface area contributed by atoms with Crippen molar-refractivity contribution in [3.63, 3.8) is 0 Å². The number of rotatable bonds is 3. The molecule has 0 spiro atoms. The molecule has 1 unspecified atom stereocenters. The van der Waals surface area contributed by atoms with Gasteiger partial charge in [0.1, 0.15) is 0 Å². The summed E-state index contributed by atoms with van der Waals surface area (Å²) in [4.78, 5) is 2.57. The fourth-order valence-corrected chi connectivity index (χ4v) is 2.98. The second-order valence-corrected chi connectivity index (χ2v) is 5.92. The molecule has 94 valence electrons. The molecule has 3 heteroatoms. The number of nitrogens with zero attached hydrogens (tertiary/aromatic N) is 1. The van der Waals surface area contributed by atoms with Crippen molar-refractivity contribution in [1.82, 2.24) is 10.2 Å². The fourth-order valence-electron chi connectivity index (χ4n) is 2.98. The van der Waals surface area contributed by atoms with Crippen molar-refractivity contribution in [3.05, 3.63) is 0 Å². The number of hydrogen-bond acceptors (Lipinski definition) is 3. The lowest BCUT2D eigenvalue weighted by molar-refractivity contribution is 0.00773. The van der Waals surface area contributed by atoms with Gasteiger partial charge in [0, 0.05) is 19.6 Å². The van der Waals surface area contributed by atoms with Crippen molar-refractivity contribution in [2.45, 2.75) is 26.7 Å². The van der Waals surface area contributed by atoms with Crippen molar-refractivity contribution in [2.24, 2.45) is 11.3 Å². The third-order valence-corrected chi connectivity index (χ3v) is 4.14. The predicted molar refractivity (Wildman–Crippen MR) is 66.6 cm³/mol. The highest BCUT2D eigenvalue weighted by atomic mass is 16.5. The maximum absolute atomic E-state index is 5.41. The van der Waals surface area contributed by atoms with Gasteiger partial charge < -0.3 is 10.1 Å². The van der Waals surface area contributed by atoms with Gasteiger partial charge in [-0.15, -0.1) is 0 Å². The molecule has 16 heavy (non-hydrogen) atoms. The van der Waals surface area contributed by atoms with Crippen LogP contribution in [0.3, 0.4) is 0 Å². The summed E-state index contributed by atoms with van der Waals surface area (Å²) < 4.78 is 5.41. The number of nitrogens with one attached hydrogen (secondary N) is 1. The highest BCUT2D eigenvalue weighted by Gasteiger charge is 2.32. The van der Waals surface area contributed by atoms with E-state index in [9.17, 15) is 0 Å². The molecular formula is C13H26N2O. The highest BCUT2D eigenvalue weighted by molar-refractivity contribution is 4.85. The van der Waals surface area contributed by atoms with Crippen LogP contribution in [0.5, 0.6) is 0 Å². The van der Waals surface area contributed by atoms with Crippen LogP contribution >= 0.6 is 0 Å². The standard InChI is InChI=1S/C13H26N2O/c1-13(2,12-4-3-5-14-10-12)11-15-6-8-16-9-7-15/h12,14H,3-11H2,1-2H3. The topological polar surface area (TPSA) is 24.5 Å². The molecule has 0 aromatic heterocycles. The van der Waals surface area contributed by atoms with Crippen molar-refractivity contribution >= 4 is 0 Å². The summed E-state index contributed by atoms with van der Waals surface area (Å²) in [6, 6.07) is 0. The monoisotopic (exact) mass is 226 g/mol. The van der Waals surface area contributed by atoms with E-state index in [1.165, 1.54) is 32.5 Å². The lowest BCUT2D eigenvalue weighted by Gasteiger charge is -2.41. The summed E-state index contributed by atoms with van der Waals surface area (Å²) >= 11 is 0. The van der Waals surface area contributed by atoms with E-state index >= 15 is 0 Å². The first kappa shape index (κ1) is 12.3. The Balaban J connectivity index is 1.84. The summed E-state index contributed by atoms with van der Waals surface area (Å²) in [5.74, 6) is 0.837. The molecule has 2 fully saturated rings. The predicted octanol–water partition coefficient (Wildman–Crippen LogP) is 1.34. The molecule has 0 aromatic carbocycles. The van der Waals surface area contributed by atoms with Gasteiger partial charge in [-0.1, -0.05) is 13.8 Å². The molecule has 2 aliphatic rings. The number of hydrogen-bond donors (Lipinski definition) is 1. The van der Waals surface area contributed by atoms with Gasteiger partial charge in [-0.3, -0.25) is 4.90 Å². The van der Waals surface area contributed by atoms with Gasteiger partial charge in [0.25, 0.3) is 0 Å². The van der Waals surface area contributed by atoms with E-state index in [-0.39, 0.29) is 0 Å². The Hall–Kier alpha value is -0.120. The summed E-state index contributed by atoms with van der Waals surface area (Å²) in [7, 11) is 0. The van der Waals surface area contributed by atoms with Crippen LogP contribution in [-0.2, 0) is 4.74 Å². The quantitative estimate of drug-likeness (QED) is 0.786. The summed E-state index contributed by atoms with van der Waals surface area (Å²) in [5, 5.41) is 3.53. The lowest BCUT2D eigenvalue weighted by Crippen LogP contribution is -2.47. The molecule has 2 aliphatic heterocycles. The molecule has 0 radical (unpaired) electrons. The minimum atomic E-state index is 0.435. The fraction of sp³-hybridized carbons (Fsp3) is 1.00.